The minimum absolute atomic E-state index is 0.00968. The zero-order chi connectivity index (χ0) is 18.7. The van der Waals surface area contributed by atoms with Gasteiger partial charge in [0.15, 0.2) is 0 Å². The van der Waals surface area contributed by atoms with Crippen molar-refractivity contribution in [2.24, 2.45) is 10.5 Å². The van der Waals surface area contributed by atoms with Crippen LogP contribution in [0.15, 0.2) is 53.6 Å². The Bertz CT molecular complexity index is 822. The fourth-order valence-electron chi connectivity index (χ4n) is 2.98. The van der Waals surface area contributed by atoms with Gasteiger partial charge >= 0.3 is 6.03 Å². The number of hydrogen-bond donors (Lipinski definition) is 2. The number of hydrogen-bond acceptors (Lipinski definition) is 3. The van der Waals surface area contributed by atoms with Crippen molar-refractivity contribution in [1.82, 2.24) is 5.01 Å². The lowest BCUT2D eigenvalue weighted by Gasteiger charge is -2.25. The van der Waals surface area contributed by atoms with Crippen molar-refractivity contribution in [2.45, 2.75) is 13.3 Å². The number of rotatable bonds is 4. The van der Waals surface area contributed by atoms with Crippen LogP contribution < -0.4 is 5.32 Å². The lowest BCUT2D eigenvalue weighted by molar-refractivity contribution is 0.193. The maximum Gasteiger partial charge on any atom is 0.342 e. The molecule has 136 valence electrons. The van der Waals surface area contributed by atoms with E-state index >= 15 is 0 Å². The average Bonchev–Trinajstić information content (AvgIpc) is 2.95. The third kappa shape index (κ3) is 4.01. The Hall–Kier alpha value is -2.08. The van der Waals surface area contributed by atoms with E-state index in [1.807, 2.05) is 19.1 Å². The highest BCUT2D eigenvalue weighted by Crippen LogP contribution is 2.34. The Morgan fingerprint density at radius 3 is 2.31 bits per heavy atom. The molecule has 2 N–H and O–H groups in total. The predicted molar refractivity (Wildman–Crippen MR) is 105 cm³/mol. The highest BCUT2D eigenvalue weighted by atomic mass is 35.5. The molecule has 2 aromatic carbocycles. The first-order chi connectivity index (χ1) is 12.4. The highest BCUT2D eigenvalue weighted by molar-refractivity contribution is 6.31. The Balaban J connectivity index is 1.85. The normalized spacial score (nSPS) is 19.4. The Morgan fingerprint density at radius 2 is 1.73 bits per heavy atom. The van der Waals surface area contributed by atoms with Gasteiger partial charge in [-0.15, -0.1) is 0 Å². The van der Waals surface area contributed by atoms with Gasteiger partial charge < -0.3 is 10.4 Å². The number of aliphatic hydroxyl groups is 1. The van der Waals surface area contributed by atoms with E-state index in [4.69, 9.17) is 23.2 Å². The number of halogens is 2. The van der Waals surface area contributed by atoms with Crippen LogP contribution in [0.25, 0.3) is 0 Å². The topological polar surface area (TPSA) is 64.9 Å². The molecule has 0 spiro atoms. The molecule has 0 bridgehead atoms. The molecule has 1 heterocycles. The second-order valence-electron chi connectivity index (χ2n) is 6.48. The summed E-state index contributed by atoms with van der Waals surface area (Å²) in [5, 5.41) is 19.4. The maximum absolute atomic E-state index is 12.6. The molecule has 0 aromatic heterocycles. The lowest BCUT2D eigenvalue weighted by Crippen LogP contribution is -2.36. The number of nitrogens with one attached hydrogen (secondary N) is 1. The van der Waals surface area contributed by atoms with Crippen molar-refractivity contribution in [2.75, 3.05) is 18.5 Å². The fourth-order valence-corrected chi connectivity index (χ4v) is 3.23. The van der Waals surface area contributed by atoms with Crippen LogP contribution >= 0.6 is 23.2 Å². The van der Waals surface area contributed by atoms with Crippen LogP contribution in [-0.2, 0) is 0 Å². The first-order valence-electron chi connectivity index (χ1n) is 8.21. The predicted octanol–water partition coefficient (Wildman–Crippen LogP) is 4.63. The molecule has 0 aliphatic carbocycles. The standard InChI is InChI=1S/C19H19Cl2N3O2/c1-19(10-11-25)12-24(18(26)22-16-8-6-15(21)7-9-16)23-17(19)13-2-4-14(20)5-3-13/h2-9,25H,10-12H2,1H3,(H,22,26). The van der Waals surface area contributed by atoms with Gasteiger partial charge in [0.25, 0.3) is 0 Å². The largest absolute Gasteiger partial charge is 0.396 e. The summed E-state index contributed by atoms with van der Waals surface area (Å²) in [5.41, 5.74) is 1.83. The Labute approximate surface area is 162 Å². The number of hydrazone groups is 1. The monoisotopic (exact) mass is 391 g/mol. The minimum Gasteiger partial charge on any atom is -0.396 e. The number of aliphatic hydroxyl groups excluding tert-OH is 1. The van der Waals surface area contributed by atoms with E-state index in [9.17, 15) is 9.90 Å². The van der Waals surface area contributed by atoms with Crippen LogP contribution in [0.1, 0.15) is 18.9 Å². The van der Waals surface area contributed by atoms with E-state index in [-0.39, 0.29) is 12.6 Å². The molecule has 1 unspecified atom stereocenters. The number of urea groups is 1. The van der Waals surface area contributed by atoms with Gasteiger partial charge in [-0.05, 0) is 48.4 Å². The van der Waals surface area contributed by atoms with Gasteiger partial charge in [-0.2, -0.15) is 5.10 Å². The van der Waals surface area contributed by atoms with E-state index < -0.39 is 5.41 Å². The summed E-state index contributed by atoms with van der Waals surface area (Å²) >= 11 is 11.8. The van der Waals surface area contributed by atoms with E-state index in [2.05, 4.69) is 10.4 Å². The number of carbonyl (C=O) groups is 1. The second-order valence-corrected chi connectivity index (χ2v) is 7.36. The summed E-state index contributed by atoms with van der Waals surface area (Å²) < 4.78 is 0. The molecule has 5 nitrogen and oxygen atoms in total. The average molecular weight is 392 g/mol. The summed E-state index contributed by atoms with van der Waals surface area (Å²) in [5.74, 6) is 0. The molecule has 7 heteroatoms. The quantitative estimate of drug-likeness (QED) is 0.797. The molecule has 26 heavy (non-hydrogen) atoms. The second kappa shape index (κ2) is 7.66. The summed E-state index contributed by atoms with van der Waals surface area (Å²) in [4.78, 5) is 12.6. The number of anilines is 1. The Kier molecular flexibility index (Phi) is 5.51. The van der Waals surface area contributed by atoms with Gasteiger partial charge in [-0.25, -0.2) is 9.80 Å². The van der Waals surface area contributed by atoms with Crippen LogP contribution in [0.4, 0.5) is 10.5 Å². The van der Waals surface area contributed by atoms with E-state index in [0.717, 1.165) is 11.3 Å². The van der Waals surface area contributed by atoms with E-state index in [1.165, 1.54) is 5.01 Å². The van der Waals surface area contributed by atoms with Gasteiger partial charge in [-0.1, -0.05) is 42.3 Å². The zero-order valence-electron chi connectivity index (χ0n) is 14.2. The van der Waals surface area contributed by atoms with Gasteiger partial charge in [-0.3, -0.25) is 0 Å². The number of benzene rings is 2. The third-order valence-corrected chi connectivity index (χ3v) is 4.91. The SMILES string of the molecule is CC1(CCO)CN(C(=O)Nc2ccc(Cl)cc2)N=C1c1ccc(Cl)cc1. The molecule has 3 rings (SSSR count). The number of nitrogens with zero attached hydrogens (tertiary/aromatic N) is 2. The molecule has 0 saturated heterocycles. The number of carbonyl (C=O) groups excluding carboxylic acids is 1. The first kappa shape index (κ1) is 18.7. The van der Waals surface area contributed by atoms with Crippen molar-refractivity contribution in [1.29, 1.82) is 0 Å². The van der Waals surface area contributed by atoms with Gasteiger partial charge in [0, 0.05) is 27.8 Å². The van der Waals surface area contributed by atoms with Crippen molar-refractivity contribution in [3.05, 3.63) is 64.1 Å². The van der Waals surface area contributed by atoms with E-state index in [0.29, 0.717) is 28.7 Å². The molecular formula is C19H19Cl2N3O2. The fraction of sp³-hybridized carbons (Fsp3) is 0.263. The number of amides is 2. The molecule has 1 aliphatic heterocycles. The molecule has 2 aromatic rings. The summed E-state index contributed by atoms with van der Waals surface area (Å²) in [6.07, 6.45) is 0.499. The highest BCUT2D eigenvalue weighted by Gasteiger charge is 2.40. The van der Waals surface area contributed by atoms with Gasteiger partial charge in [0.1, 0.15) is 0 Å². The van der Waals surface area contributed by atoms with Crippen molar-refractivity contribution >= 4 is 40.6 Å². The van der Waals surface area contributed by atoms with Crippen LogP contribution in [0, 0.1) is 5.41 Å². The molecule has 1 atom stereocenters. The smallest absolute Gasteiger partial charge is 0.342 e. The zero-order valence-corrected chi connectivity index (χ0v) is 15.8. The van der Waals surface area contributed by atoms with Crippen molar-refractivity contribution < 1.29 is 9.90 Å². The maximum atomic E-state index is 12.6. The molecular weight excluding hydrogens is 373 g/mol. The van der Waals surface area contributed by atoms with Crippen LogP contribution in [-0.4, -0.2) is 35.0 Å². The third-order valence-electron chi connectivity index (χ3n) is 4.40. The molecule has 0 saturated carbocycles. The molecule has 0 radical (unpaired) electrons. The lowest BCUT2D eigenvalue weighted by atomic mass is 9.79. The van der Waals surface area contributed by atoms with Crippen molar-refractivity contribution in [3.8, 4) is 0 Å². The first-order valence-corrected chi connectivity index (χ1v) is 8.97. The summed E-state index contributed by atoms with van der Waals surface area (Å²) in [7, 11) is 0. The van der Waals surface area contributed by atoms with Crippen LogP contribution in [0.5, 0.6) is 0 Å². The summed E-state index contributed by atoms with van der Waals surface area (Å²) in [6.45, 7) is 2.38. The molecule has 2 amide bonds. The summed E-state index contributed by atoms with van der Waals surface area (Å²) in [6, 6.07) is 13.9. The molecule has 0 fully saturated rings. The van der Waals surface area contributed by atoms with E-state index in [1.54, 1.807) is 36.4 Å². The molecule has 1 aliphatic rings. The Morgan fingerprint density at radius 1 is 1.15 bits per heavy atom. The van der Waals surface area contributed by atoms with Gasteiger partial charge in [0.05, 0.1) is 12.3 Å². The van der Waals surface area contributed by atoms with Gasteiger partial charge in [0.2, 0.25) is 0 Å². The van der Waals surface area contributed by atoms with Crippen molar-refractivity contribution in [3.63, 3.8) is 0 Å². The minimum atomic E-state index is -0.445. The van der Waals surface area contributed by atoms with Crippen LogP contribution in [0.2, 0.25) is 10.0 Å². The van der Waals surface area contributed by atoms with Crippen LogP contribution in [0.3, 0.4) is 0 Å².